The van der Waals surface area contributed by atoms with E-state index in [2.05, 4.69) is 6.58 Å². The Bertz CT molecular complexity index is 993. The van der Waals surface area contributed by atoms with Crippen LogP contribution in [0.3, 0.4) is 0 Å². The van der Waals surface area contributed by atoms with Crippen LogP contribution in [0.1, 0.15) is 5.56 Å². The number of fused-ring (bicyclic) bond motifs is 1. The first kappa shape index (κ1) is 16.3. The molecule has 0 fully saturated rings. The molecule has 0 N–H and O–H groups in total. The van der Waals surface area contributed by atoms with Gasteiger partial charge in [0.15, 0.2) is 0 Å². The highest BCUT2D eigenvalue weighted by Crippen LogP contribution is 2.26. The first-order valence-corrected chi connectivity index (χ1v) is 9.15. The van der Waals surface area contributed by atoms with Crippen LogP contribution in [0.25, 0.3) is 10.8 Å². The fourth-order valence-corrected chi connectivity index (χ4v) is 4.16. The second-order valence-electron chi connectivity index (χ2n) is 5.67. The second kappa shape index (κ2) is 6.49. The molecular formula is C20H19NO2S. The van der Waals surface area contributed by atoms with Gasteiger partial charge >= 0.3 is 0 Å². The summed E-state index contributed by atoms with van der Waals surface area (Å²) in [6.07, 6.45) is 1.60. The predicted molar refractivity (Wildman–Crippen MR) is 99.9 cm³/mol. The van der Waals surface area contributed by atoms with E-state index in [0.29, 0.717) is 5.69 Å². The molecule has 3 aromatic rings. The Labute approximate surface area is 142 Å². The third kappa shape index (κ3) is 3.05. The van der Waals surface area contributed by atoms with Gasteiger partial charge in [0, 0.05) is 0 Å². The van der Waals surface area contributed by atoms with Gasteiger partial charge in [-0.2, -0.15) is 0 Å². The van der Waals surface area contributed by atoms with Crippen molar-refractivity contribution in [3.8, 4) is 0 Å². The second-order valence-corrected chi connectivity index (χ2v) is 7.54. The molecule has 122 valence electrons. The van der Waals surface area contributed by atoms with E-state index in [4.69, 9.17) is 0 Å². The number of nitrogens with zero attached hydrogens (tertiary/aromatic N) is 1. The number of rotatable bonds is 5. The Morgan fingerprint density at radius 1 is 0.958 bits per heavy atom. The third-order valence-corrected chi connectivity index (χ3v) is 5.68. The highest BCUT2D eigenvalue weighted by atomic mass is 32.2. The summed E-state index contributed by atoms with van der Waals surface area (Å²) in [6.45, 7) is 5.86. The highest BCUT2D eigenvalue weighted by molar-refractivity contribution is 7.92. The van der Waals surface area contributed by atoms with Crippen molar-refractivity contribution in [2.75, 3.05) is 10.8 Å². The number of sulfonamides is 1. The molecule has 0 bridgehead atoms. The minimum Gasteiger partial charge on any atom is -0.263 e. The van der Waals surface area contributed by atoms with Gasteiger partial charge in [-0.05, 0) is 47.5 Å². The zero-order chi connectivity index (χ0) is 17.2. The number of benzene rings is 3. The molecule has 0 saturated heterocycles. The van der Waals surface area contributed by atoms with Gasteiger partial charge in [-0.3, -0.25) is 4.31 Å². The van der Waals surface area contributed by atoms with Crippen molar-refractivity contribution in [2.24, 2.45) is 0 Å². The maximum Gasteiger partial charge on any atom is 0.264 e. The van der Waals surface area contributed by atoms with E-state index in [9.17, 15) is 8.42 Å². The summed E-state index contributed by atoms with van der Waals surface area (Å²) in [7, 11) is -3.66. The van der Waals surface area contributed by atoms with Crippen LogP contribution in [0.2, 0.25) is 0 Å². The Morgan fingerprint density at radius 3 is 2.42 bits per heavy atom. The van der Waals surface area contributed by atoms with Crippen LogP contribution in [-0.4, -0.2) is 15.0 Å². The Kier molecular flexibility index (Phi) is 4.40. The lowest BCUT2D eigenvalue weighted by Crippen LogP contribution is -2.31. The summed E-state index contributed by atoms with van der Waals surface area (Å²) in [5, 5.41) is 1.92. The van der Waals surface area contributed by atoms with Crippen LogP contribution in [0.4, 0.5) is 5.69 Å². The van der Waals surface area contributed by atoms with Crippen LogP contribution < -0.4 is 4.31 Å². The van der Waals surface area contributed by atoms with E-state index < -0.39 is 10.0 Å². The summed E-state index contributed by atoms with van der Waals surface area (Å²) in [5.74, 6) is 0. The molecule has 0 aromatic heterocycles. The Morgan fingerprint density at radius 2 is 1.71 bits per heavy atom. The van der Waals surface area contributed by atoms with Gasteiger partial charge < -0.3 is 0 Å². The van der Waals surface area contributed by atoms with E-state index in [0.717, 1.165) is 16.3 Å². The highest BCUT2D eigenvalue weighted by Gasteiger charge is 2.24. The van der Waals surface area contributed by atoms with E-state index in [-0.39, 0.29) is 11.4 Å². The smallest absolute Gasteiger partial charge is 0.263 e. The average molecular weight is 337 g/mol. The molecule has 0 unspecified atom stereocenters. The predicted octanol–water partition coefficient (Wildman–Crippen LogP) is 4.53. The molecule has 24 heavy (non-hydrogen) atoms. The van der Waals surface area contributed by atoms with Crippen LogP contribution in [0.5, 0.6) is 0 Å². The summed E-state index contributed by atoms with van der Waals surface area (Å²) in [5.41, 5.74) is 1.65. The van der Waals surface area contributed by atoms with E-state index in [1.165, 1.54) is 4.31 Å². The number of hydrogen-bond donors (Lipinski definition) is 0. The lowest BCUT2D eigenvalue weighted by molar-refractivity contribution is 0.593. The fraction of sp³-hybridized carbons (Fsp3) is 0.100. The molecule has 3 rings (SSSR count). The third-order valence-electron chi connectivity index (χ3n) is 3.89. The molecule has 0 spiro atoms. The van der Waals surface area contributed by atoms with Crippen LogP contribution in [0.15, 0.2) is 84.3 Å². The molecular weight excluding hydrogens is 318 g/mol. The summed E-state index contributed by atoms with van der Waals surface area (Å²) >= 11 is 0. The zero-order valence-electron chi connectivity index (χ0n) is 13.5. The summed E-state index contributed by atoms with van der Waals surface area (Å²) < 4.78 is 27.7. The summed E-state index contributed by atoms with van der Waals surface area (Å²) in [4.78, 5) is 0.282. The van der Waals surface area contributed by atoms with E-state index in [1.54, 1.807) is 24.3 Å². The van der Waals surface area contributed by atoms with Crippen LogP contribution in [0, 0.1) is 6.92 Å². The van der Waals surface area contributed by atoms with Gasteiger partial charge in [-0.25, -0.2) is 8.42 Å². The Hall–Kier alpha value is -2.59. The van der Waals surface area contributed by atoms with Crippen molar-refractivity contribution in [1.82, 2.24) is 0 Å². The zero-order valence-corrected chi connectivity index (χ0v) is 14.3. The van der Waals surface area contributed by atoms with E-state index in [1.807, 2.05) is 55.5 Å². The number of anilines is 1. The van der Waals surface area contributed by atoms with Gasteiger partial charge in [0.2, 0.25) is 0 Å². The first-order chi connectivity index (χ1) is 11.5. The molecule has 0 radical (unpaired) electrons. The monoisotopic (exact) mass is 337 g/mol. The molecule has 4 heteroatoms. The lowest BCUT2D eigenvalue weighted by atomic mass is 10.1. The average Bonchev–Trinajstić information content (AvgIpc) is 2.59. The van der Waals surface area contributed by atoms with Crippen molar-refractivity contribution in [1.29, 1.82) is 0 Å². The van der Waals surface area contributed by atoms with Crippen molar-refractivity contribution < 1.29 is 8.42 Å². The molecule has 3 nitrogen and oxygen atoms in total. The first-order valence-electron chi connectivity index (χ1n) is 7.71. The molecule has 0 heterocycles. The molecule has 0 saturated carbocycles. The maximum absolute atomic E-state index is 13.2. The fourth-order valence-electron chi connectivity index (χ4n) is 2.70. The number of aryl methyl sites for hydroxylation is 1. The van der Waals surface area contributed by atoms with Gasteiger partial charge in [0.1, 0.15) is 0 Å². The SMILES string of the molecule is C=CCN(c1cccc(C)c1)S(=O)(=O)c1ccc2ccccc2c1. The van der Waals surface area contributed by atoms with Crippen LogP contribution in [-0.2, 0) is 10.0 Å². The van der Waals surface area contributed by atoms with Crippen molar-refractivity contribution in [2.45, 2.75) is 11.8 Å². The van der Waals surface area contributed by atoms with Gasteiger partial charge in [0.25, 0.3) is 10.0 Å². The normalized spacial score (nSPS) is 11.4. The Balaban J connectivity index is 2.12. The quantitative estimate of drug-likeness (QED) is 0.642. The molecule has 0 amide bonds. The lowest BCUT2D eigenvalue weighted by Gasteiger charge is -2.23. The molecule has 0 atom stereocenters. The largest absolute Gasteiger partial charge is 0.264 e. The molecule has 3 aromatic carbocycles. The topological polar surface area (TPSA) is 37.4 Å². The minimum atomic E-state index is -3.66. The minimum absolute atomic E-state index is 0.221. The molecule has 0 aliphatic heterocycles. The van der Waals surface area contributed by atoms with E-state index >= 15 is 0 Å². The van der Waals surface area contributed by atoms with Crippen molar-refractivity contribution in [3.63, 3.8) is 0 Å². The van der Waals surface area contributed by atoms with Crippen LogP contribution >= 0.6 is 0 Å². The standard InChI is InChI=1S/C20H19NO2S/c1-3-13-21(19-10-6-7-16(2)14-19)24(22,23)20-12-11-17-8-4-5-9-18(17)15-20/h3-12,14-15H,1,13H2,2H3. The van der Waals surface area contributed by atoms with Gasteiger partial charge in [0.05, 0.1) is 17.1 Å². The summed E-state index contributed by atoms with van der Waals surface area (Å²) in [6, 6.07) is 20.4. The van der Waals surface area contributed by atoms with Crippen molar-refractivity contribution in [3.05, 3.63) is 84.9 Å². The number of hydrogen-bond acceptors (Lipinski definition) is 2. The van der Waals surface area contributed by atoms with Gasteiger partial charge in [-0.1, -0.05) is 48.5 Å². The van der Waals surface area contributed by atoms with Gasteiger partial charge in [-0.15, -0.1) is 6.58 Å². The molecule has 0 aliphatic rings. The maximum atomic E-state index is 13.2. The molecule has 0 aliphatic carbocycles. The van der Waals surface area contributed by atoms with Crippen molar-refractivity contribution >= 4 is 26.5 Å².